The van der Waals surface area contributed by atoms with Crippen molar-refractivity contribution in [3.63, 3.8) is 0 Å². The molecule has 21 heavy (non-hydrogen) atoms. The first-order chi connectivity index (χ1) is 10.1. The van der Waals surface area contributed by atoms with Crippen LogP contribution in [0.4, 0.5) is 0 Å². The van der Waals surface area contributed by atoms with E-state index in [9.17, 15) is 9.59 Å². The van der Waals surface area contributed by atoms with Crippen molar-refractivity contribution in [1.82, 2.24) is 0 Å². The molecule has 2 rings (SSSR count). The van der Waals surface area contributed by atoms with Crippen molar-refractivity contribution < 1.29 is 28.5 Å². The average Bonchev–Trinajstić information content (AvgIpc) is 2.53. The minimum absolute atomic E-state index is 0.0972. The molecule has 0 N–H and O–H groups in total. The lowest BCUT2D eigenvalue weighted by molar-refractivity contribution is -0.128. The summed E-state index contributed by atoms with van der Waals surface area (Å²) in [5.41, 5.74) is 0.341. The van der Waals surface area contributed by atoms with Crippen LogP contribution in [0.3, 0.4) is 0 Å². The molecular weight excluding hydrogens is 276 g/mol. The highest BCUT2D eigenvalue weighted by Gasteiger charge is 2.31. The number of carbonyl (C=O) groups excluding carboxylic acids is 2. The van der Waals surface area contributed by atoms with Crippen LogP contribution in [0.25, 0.3) is 0 Å². The molecule has 0 aliphatic carbocycles. The van der Waals surface area contributed by atoms with Gasteiger partial charge >= 0.3 is 0 Å². The number of ether oxygens (including phenoxy) is 4. The third-order valence-electron chi connectivity index (χ3n) is 3.43. The number of methoxy groups -OCH3 is 3. The maximum atomic E-state index is 12.5. The van der Waals surface area contributed by atoms with Crippen LogP contribution >= 0.6 is 0 Å². The summed E-state index contributed by atoms with van der Waals surface area (Å²) in [4.78, 5) is 24.3. The predicted octanol–water partition coefficient (Wildman–Crippen LogP) is 1.50. The summed E-state index contributed by atoms with van der Waals surface area (Å²) in [7, 11) is 4.43. The first-order valence-corrected chi connectivity index (χ1v) is 6.57. The van der Waals surface area contributed by atoms with Gasteiger partial charge in [-0.2, -0.15) is 0 Å². The van der Waals surface area contributed by atoms with Crippen LogP contribution < -0.4 is 14.2 Å². The number of Topliss-reactive ketones (excluding diaryl/α,β-unsaturated/α-hetero) is 2. The molecule has 1 aliphatic rings. The number of hydrogen-bond acceptors (Lipinski definition) is 6. The summed E-state index contributed by atoms with van der Waals surface area (Å²) in [6.07, 6.45) is 0.265. The Kier molecular flexibility index (Phi) is 4.80. The Morgan fingerprint density at radius 3 is 2.24 bits per heavy atom. The molecule has 0 bridgehead atoms. The SMILES string of the molecule is COc1cc(C(=O)C2COCCC2=O)cc(OC)c1OC. The molecule has 1 aromatic rings. The molecule has 1 aromatic carbocycles. The summed E-state index contributed by atoms with van der Waals surface area (Å²) in [5.74, 6) is 0.0111. The van der Waals surface area contributed by atoms with Gasteiger partial charge in [-0.05, 0) is 12.1 Å². The topological polar surface area (TPSA) is 71.1 Å². The standard InChI is InChI=1S/C15H18O6/c1-18-12-6-9(7-13(19-2)15(12)20-3)14(17)10-8-21-5-4-11(10)16/h6-7,10H,4-5,8H2,1-3H3. The fourth-order valence-corrected chi connectivity index (χ4v) is 2.29. The van der Waals surface area contributed by atoms with Crippen LogP contribution in [0.5, 0.6) is 17.2 Å². The van der Waals surface area contributed by atoms with Crippen molar-refractivity contribution in [2.75, 3.05) is 34.5 Å². The second-order valence-corrected chi connectivity index (χ2v) is 4.62. The molecule has 1 atom stereocenters. The van der Waals surface area contributed by atoms with E-state index in [2.05, 4.69) is 0 Å². The van der Waals surface area contributed by atoms with Crippen LogP contribution in [0.2, 0.25) is 0 Å². The molecule has 0 radical (unpaired) electrons. The van der Waals surface area contributed by atoms with Crippen molar-refractivity contribution in [2.24, 2.45) is 5.92 Å². The van der Waals surface area contributed by atoms with Gasteiger partial charge in [-0.1, -0.05) is 0 Å². The molecule has 6 heteroatoms. The van der Waals surface area contributed by atoms with Gasteiger partial charge in [0.2, 0.25) is 5.75 Å². The second-order valence-electron chi connectivity index (χ2n) is 4.62. The van der Waals surface area contributed by atoms with E-state index in [1.807, 2.05) is 0 Å². The van der Waals surface area contributed by atoms with E-state index in [0.29, 0.717) is 29.4 Å². The van der Waals surface area contributed by atoms with E-state index in [0.717, 1.165) is 0 Å². The van der Waals surface area contributed by atoms with Gasteiger partial charge in [0.25, 0.3) is 0 Å². The highest BCUT2D eigenvalue weighted by atomic mass is 16.5. The smallest absolute Gasteiger partial charge is 0.203 e. The summed E-state index contributed by atoms with van der Waals surface area (Å²) >= 11 is 0. The summed E-state index contributed by atoms with van der Waals surface area (Å²) in [6, 6.07) is 3.09. The van der Waals surface area contributed by atoms with Gasteiger partial charge in [0.15, 0.2) is 17.3 Å². The number of benzene rings is 1. The Morgan fingerprint density at radius 2 is 1.76 bits per heavy atom. The quantitative estimate of drug-likeness (QED) is 0.605. The van der Waals surface area contributed by atoms with Crippen molar-refractivity contribution in [3.05, 3.63) is 17.7 Å². The molecule has 1 unspecified atom stereocenters. The average molecular weight is 294 g/mol. The Balaban J connectivity index is 2.39. The number of hydrogen-bond donors (Lipinski definition) is 0. The van der Waals surface area contributed by atoms with Gasteiger partial charge in [0.05, 0.1) is 34.5 Å². The van der Waals surface area contributed by atoms with Crippen LogP contribution in [0.15, 0.2) is 12.1 Å². The molecule has 114 valence electrons. The molecule has 0 saturated carbocycles. The van der Waals surface area contributed by atoms with Gasteiger partial charge in [0.1, 0.15) is 11.7 Å². The fourth-order valence-electron chi connectivity index (χ4n) is 2.29. The molecular formula is C15H18O6. The van der Waals surface area contributed by atoms with E-state index < -0.39 is 5.92 Å². The van der Waals surface area contributed by atoms with E-state index in [1.54, 1.807) is 12.1 Å². The zero-order valence-electron chi connectivity index (χ0n) is 12.3. The van der Waals surface area contributed by atoms with Crippen molar-refractivity contribution in [1.29, 1.82) is 0 Å². The molecule has 1 aliphatic heterocycles. The predicted molar refractivity (Wildman–Crippen MR) is 74.4 cm³/mol. The summed E-state index contributed by atoms with van der Waals surface area (Å²) in [5, 5.41) is 0. The molecule has 1 saturated heterocycles. The number of ketones is 2. The van der Waals surface area contributed by atoms with Crippen LogP contribution in [0.1, 0.15) is 16.8 Å². The molecule has 1 fully saturated rings. The summed E-state index contributed by atoms with van der Waals surface area (Å²) < 4.78 is 20.9. The maximum absolute atomic E-state index is 12.5. The zero-order chi connectivity index (χ0) is 15.4. The van der Waals surface area contributed by atoms with Crippen LogP contribution in [0, 0.1) is 5.92 Å². The largest absolute Gasteiger partial charge is 0.493 e. The van der Waals surface area contributed by atoms with Gasteiger partial charge in [-0.3, -0.25) is 9.59 Å². The first-order valence-electron chi connectivity index (χ1n) is 6.57. The zero-order valence-corrected chi connectivity index (χ0v) is 12.3. The highest BCUT2D eigenvalue weighted by Crippen LogP contribution is 2.38. The van der Waals surface area contributed by atoms with Gasteiger partial charge in [0, 0.05) is 12.0 Å². The van der Waals surface area contributed by atoms with Crippen LogP contribution in [-0.2, 0) is 9.53 Å². The Labute approximate surface area is 122 Å². The molecule has 6 nitrogen and oxygen atoms in total. The molecule has 1 heterocycles. The second kappa shape index (κ2) is 6.58. The normalized spacial score (nSPS) is 18.2. The monoisotopic (exact) mass is 294 g/mol. The van der Waals surface area contributed by atoms with Gasteiger partial charge in [-0.15, -0.1) is 0 Å². The molecule has 0 amide bonds. The Hall–Kier alpha value is -2.08. The van der Waals surface area contributed by atoms with Crippen molar-refractivity contribution in [2.45, 2.75) is 6.42 Å². The minimum Gasteiger partial charge on any atom is -0.493 e. The Bertz CT molecular complexity index is 526. The number of carbonyl (C=O) groups is 2. The lowest BCUT2D eigenvalue weighted by Crippen LogP contribution is -2.33. The van der Waals surface area contributed by atoms with Gasteiger partial charge in [-0.25, -0.2) is 0 Å². The van der Waals surface area contributed by atoms with Gasteiger partial charge < -0.3 is 18.9 Å². The maximum Gasteiger partial charge on any atom is 0.203 e. The van der Waals surface area contributed by atoms with Crippen molar-refractivity contribution >= 4 is 11.6 Å². The van der Waals surface area contributed by atoms with E-state index in [1.165, 1.54) is 21.3 Å². The molecule has 0 spiro atoms. The molecule has 0 aromatic heterocycles. The minimum atomic E-state index is -0.762. The summed E-state index contributed by atoms with van der Waals surface area (Å²) in [6.45, 7) is 0.492. The highest BCUT2D eigenvalue weighted by molar-refractivity contribution is 6.11. The van der Waals surface area contributed by atoms with E-state index >= 15 is 0 Å². The fraction of sp³-hybridized carbons (Fsp3) is 0.467. The third kappa shape index (κ3) is 3.00. The lowest BCUT2D eigenvalue weighted by atomic mass is 9.91. The van der Waals surface area contributed by atoms with Crippen LogP contribution in [-0.4, -0.2) is 46.1 Å². The first kappa shape index (κ1) is 15.3. The van der Waals surface area contributed by atoms with E-state index in [-0.39, 0.29) is 24.6 Å². The Morgan fingerprint density at radius 1 is 1.14 bits per heavy atom. The van der Waals surface area contributed by atoms with Crippen molar-refractivity contribution in [3.8, 4) is 17.2 Å². The lowest BCUT2D eigenvalue weighted by Gasteiger charge is -2.21. The number of rotatable bonds is 5. The van der Waals surface area contributed by atoms with E-state index in [4.69, 9.17) is 18.9 Å². The third-order valence-corrected chi connectivity index (χ3v) is 3.43.